The molecule has 0 aromatic rings. The van der Waals surface area contributed by atoms with Crippen LogP contribution < -0.4 is 0 Å². The van der Waals surface area contributed by atoms with Crippen molar-refractivity contribution in [3.63, 3.8) is 0 Å². The van der Waals surface area contributed by atoms with Crippen molar-refractivity contribution in [3.8, 4) is 0 Å². The Morgan fingerprint density at radius 3 is 0.600 bits per heavy atom. The van der Waals surface area contributed by atoms with E-state index in [0.29, 0.717) is 0 Å². The predicted octanol–water partition coefficient (Wildman–Crippen LogP) is 1.60. The molecule has 1 heteroatoms. The van der Waals surface area contributed by atoms with Crippen molar-refractivity contribution in [3.05, 3.63) is 26.3 Å². The summed E-state index contributed by atoms with van der Waals surface area (Å²) in [5.41, 5.74) is 0. The summed E-state index contributed by atoms with van der Waals surface area (Å²) in [4.78, 5) is 0. The summed E-state index contributed by atoms with van der Waals surface area (Å²) < 4.78 is 0. The van der Waals surface area contributed by atoms with Crippen LogP contribution in [-0.2, 0) is 21.7 Å². The zero-order chi connectivity index (χ0) is 4.00. The summed E-state index contributed by atoms with van der Waals surface area (Å²) in [6.07, 6.45) is 0. The van der Waals surface area contributed by atoms with Crippen molar-refractivity contribution in [2.45, 2.75) is 0 Å². The second-order valence-electron chi connectivity index (χ2n) is 0. The minimum absolute atomic E-state index is 0. The molecule has 0 N–H and O–H groups in total. The summed E-state index contributed by atoms with van der Waals surface area (Å²) in [5.74, 6) is 0. The molecule has 0 radical (unpaired) electrons. The van der Waals surface area contributed by atoms with E-state index in [1.54, 1.807) is 0 Å². The molecule has 0 nitrogen and oxygen atoms in total. The summed E-state index contributed by atoms with van der Waals surface area (Å²) in [7, 11) is 0. The average Bonchev–Trinajstić information content (AvgIpc) is 1.50. The van der Waals surface area contributed by atoms with E-state index in [1.165, 1.54) is 0 Å². The van der Waals surface area contributed by atoms with Crippen molar-refractivity contribution in [2.24, 2.45) is 0 Å². The zero-order valence-electron chi connectivity index (χ0n) is 3.33. The minimum atomic E-state index is 0. The van der Waals surface area contributed by atoms with Gasteiger partial charge in [0.1, 0.15) is 0 Å². The fraction of sp³-hybridized carbons (Fsp3) is 0. The van der Waals surface area contributed by atoms with Crippen LogP contribution in [0.3, 0.4) is 0 Å². The van der Waals surface area contributed by atoms with Crippen molar-refractivity contribution in [2.75, 3.05) is 0 Å². The van der Waals surface area contributed by atoms with Gasteiger partial charge in [-0.3, -0.25) is 0 Å². The molecule has 0 aliphatic heterocycles. The number of hydrogen-bond donors (Lipinski definition) is 0. The smallest absolute Gasteiger partial charge is 0.106 e. The molecule has 0 aliphatic carbocycles. The van der Waals surface area contributed by atoms with Crippen LogP contribution in [0.2, 0.25) is 0 Å². The molecule has 0 rings (SSSR count). The molecule has 26 valence electrons. The third-order valence-electron chi connectivity index (χ3n) is 0. The molecule has 0 aromatic carbocycles. The van der Waals surface area contributed by atoms with Crippen LogP contribution >= 0.6 is 0 Å². The fourth-order valence-corrected chi connectivity index (χ4v) is 0. The maximum Gasteiger partial charge on any atom is 2.00 e. The zero-order valence-corrected chi connectivity index (χ0v) is 4.89. The van der Waals surface area contributed by atoms with Crippen LogP contribution in [0.15, 0.2) is 26.3 Å². The Kier molecular flexibility index (Phi) is 4300. The van der Waals surface area contributed by atoms with E-state index in [-0.39, 0.29) is 21.7 Å². The topological polar surface area (TPSA) is 0 Å². The van der Waals surface area contributed by atoms with E-state index in [9.17, 15) is 0 Å². The summed E-state index contributed by atoms with van der Waals surface area (Å²) >= 11 is 0. The first-order valence-corrected chi connectivity index (χ1v) is 1.000. The second-order valence-corrected chi connectivity index (χ2v) is 0. The van der Waals surface area contributed by atoms with E-state index < -0.39 is 0 Å². The largest absolute Gasteiger partial charge is 2.00 e. The molecular weight excluding hydrogens is 95.9 g/mol. The Bertz CT molecular complexity index is 5.61. The first kappa shape index (κ1) is 19.0. The molecule has 0 amide bonds. The molecule has 0 aromatic heterocycles. The van der Waals surface area contributed by atoms with Gasteiger partial charge in [-0.05, 0) is 0 Å². The second kappa shape index (κ2) is 1130. The van der Waals surface area contributed by atoms with E-state index in [1.807, 2.05) is 0 Å². The van der Waals surface area contributed by atoms with Crippen LogP contribution in [0.4, 0.5) is 0 Å². The standard InChI is InChI=1S/2C2H4.Ti/c2*1-2;/h2*1-2H2;/q;;+2. The first-order chi connectivity index (χ1) is 2.00. The van der Waals surface area contributed by atoms with Crippen LogP contribution in [0.25, 0.3) is 0 Å². The fourth-order valence-electron chi connectivity index (χ4n) is 0. The predicted molar refractivity (Wildman–Crippen MR) is 22.5 cm³/mol. The van der Waals surface area contributed by atoms with Gasteiger partial charge in [0.2, 0.25) is 0 Å². The van der Waals surface area contributed by atoms with Crippen LogP contribution in [-0.4, -0.2) is 0 Å². The summed E-state index contributed by atoms with van der Waals surface area (Å²) in [6.45, 7) is 12.0. The Morgan fingerprint density at radius 2 is 0.600 bits per heavy atom. The molecule has 0 heterocycles. The Hall–Kier alpha value is 0.194. The Balaban J connectivity index is -0.0000000133. The van der Waals surface area contributed by atoms with Crippen LogP contribution in [0.1, 0.15) is 0 Å². The van der Waals surface area contributed by atoms with Gasteiger partial charge in [-0.2, -0.15) is 0 Å². The molecular formula is C4H8Ti+2. The minimum Gasteiger partial charge on any atom is -0.106 e. The molecule has 0 spiro atoms. The molecule has 5 heavy (non-hydrogen) atoms. The Morgan fingerprint density at radius 1 is 0.600 bits per heavy atom. The van der Waals surface area contributed by atoms with Gasteiger partial charge in [0.05, 0.1) is 0 Å². The normalized spacial score (nSPS) is 1.60. The van der Waals surface area contributed by atoms with Gasteiger partial charge in [0.25, 0.3) is 0 Å². The third kappa shape index (κ3) is 535. The molecule has 0 bridgehead atoms. The van der Waals surface area contributed by atoms with Crippen LogP contribution in [0, 0.1) is 0 Å². The van der Waals surface area contributed by atoms with Crippen LogP contribution in [0.5, 0.6) is 0 Å². The van der Waals surface area contributed by atoms with Crippen molar-refractivity contribution < 1.29 is 21.7 Å². The van der Waals surface area contributed by atoms with Gasteiger partial charge < -0.3 is 0 Å². The SMILES string of the molecule is C=C.C=C.[Ti+2]. The Labute approximate surface area is 48.5 Å². The summed E-state index contributed by atoms with van der Waals surface area (Å²) in [5, 5.41) is 0. The molecule has 0 unspecified atom stereocenters. The van der Waals surface area contributed by atoms with Crippen molar-refractivity contribution in [1.29, 1.82) is 0 Å². The van der Waals surface area contributed by atoms with Gasteiger partial charge in [0, 0.05) is 0 Å². The first-order valence-electron chi connectivity index (χ1n) is 1.000. The van der Waals surface area contributed by atoms with Gasteiger partial charge in [0.15, 0.2) is 0 Å². The molecule has 0 saturated heterocycles. The van der Waals surface area contributed by atoms with E-state index in [2.05, 4.69) is 26.3 Å². The molecule has 0 atom stereocenters. The monoisotopic (exact) mass is 104 g/mol. The van der Waals surface area contributed by atoms with Crippen molar-refractivity contribution in [1.82, 2.24) is 0 Å². The molecule has 0 aliphatic rings. The average molecular weight is 104 g/mol. The van der Waals surface area contributed by atoms with E-state index in [0.717, 1.165) is 0 Å². The maximum absolute atomic E-state index is 3.00. The van der Waals surface area contributed by atoms with Gasteiger partial charge >= 0.3 is 21.7 Å². The van der Waals surface area contributed by atoms with Crippen molar-refractivity contribution >= 4 is 0 Å². The quantitative estimate of drug-likeness (QED) is 0.323. The number of rotatable bonds is 0. The molecule has 0 fully saturated rings. The summed E-state index contributed by atoms with van der Waals surface area (Å²) in [6, 6.07) is 0. The van der Waals surface area contributed by atoms with Gasteiger partial charge in [-0.1, -0.05) is 0 Å². The van der Waals surface area contributed by atoms with Gasteiger partial charge in [-0.15, -0.1) is 26.3 Å². The van der Waals surface area contributed by atoms with E-state index in [4.69, 9.17) is 0 Å². The van der Waals surface area contributed by atoms with Gasteiger partial charge in [-0.25, -0.2) is 0 Å². The maximum atomic E-state index is 3.00. The van der Waals surface area contributed by atoms with E-state index >= 15 is 0 Å². The molecule has 0 saturated carbocycles. The third-order valence-corrected chi connectivity index (χ3v) is 0. The number of hydrogen-bond acceptors (Lipinski definition) is 0.